The zero-order valence-electron chi connectivity index (χ0n) is 9.15. The highest BCUT2D eigenvalue weighted by molar-refractivity contribution is 5.66. The molecule has 0 bridgehead atoms. The lowest BCUT2D eigenvalue weighted by Crippen LogP contribution is -1.94. The van der Waals surface area contributed by atoms with Gasteiger partial charge in [-0.05, 0) is 37.0 Å². The molecule has 0 saturated carbocycles. The molecule has 0 aliphatic carbocycles. The third kappa shape index (κ3) is 4.61. The number of benzene rings is 1. The summed E-state index contributed by atoms with van der Waals surface area (Å²) >= 11 is 0. The summed E-state index contributed by atoms with van der Waals surface area (Å²) in [5, 5.41) is 17.1. The Bertz CT molecular complexity index is 376. The highest BCUT2D eigenvalue weighted by Crippen LogP contribution is 2.09. The third-order valence-corrected chi connectivity index (χ3v) is 2.44. The topological polar surface area (TPSA) is 61.1 Å². The van der Waals surface area contributed by atoms with Crippen LogP contribution in [0.1, 0.15) is 36.8 Å². The summed E-state index contributed by atoms with van der Waals surface area (Å²) in [6.45, 7) is 0. The lowest BCUT2D eigenvalue weighted by Gasteiger charge is -2.00. The Morgan fingerprint density at radius 2 is 1.88 bits per heavy atom. The van der Waals surface area contributed by atoms with Crippen LogP contribution in [0, 0.1) is 11.3 Å². The van der Waals surface area contributed by atoms with Crippen molar-refractivity contribution in [2.24, 2.45) is 0 Å². The number of unbranched alkanes of at least 4 members (excludes halogenated alkanes) is 2. The van der Waals surface area contributed by atoms with Crippen molar-refractivity contribution < 1.29 is 9.90 Å². The minimum Gasteiger partial charge on any atom is -0.481 e. The number of hydrogen-bond donors (Lipinski definition) is 1. The number of nitrogens with zero attached hydrogens (tertiary/aromatic N) is 1. The quantitative estimate of drug-likeness (QED) is 0.745. The standard InChI is InChI=1S/C13H15NO2/c14-10-12-8-6-11(7-9-12)4-2-1-3-5-13(15)16/h6-9H,1-5H2,(H,15,16). The molecule has 0 amide bonds. The van der Waals surface area contributed by atoms with Gasteiger partial charge in [0.05, 0.1) is 11.6 Å². The number of aryl methyl sites for hydroxylation is 1. The van der Waals surface area contributed by atoms with Crippen LogP contribution < -0.4 is 0 Å². The lowest BCUT2D eigenvalue weighted by molar-refractivity contribution is -0.137. The number of nitriles is 1. The van der Waals surface area contributed by atoms with Gasteiger partial charge in [0.15, 0.2) is 0 Å². The minimum atomic E-state index is -0.724. The molecule has 0 aromatic heterocycles. The fraction of sp³-hybridized carbons (Fsp3) is 0.385. The number of rotatable bonds is 6. The Kier molecular flexibility index (Phi) is 5.07. The van der Waals surface area contributed by atoms with Gasteiger partial charge in [0.1, 0.15) is 0 Å². The highest BCUT2D eigenvalue weighted by atomic mass is 16.4. The van der Waals surface area contributed by atoms with Crippen LogP contribution in [0.5, 0.6) is 0 Å². The Morgan fingerprint density at radius 3 is 2.44 bits per heavy atom. The molecule has 0 radical (unpaired) electrons. The summed E-state index contributed by atoms with van der Waals surface area (Å²) in [4.78, 5) is 10.3. The van der Waals surface area contributed by atoms with Crippen LogP contribution in [0.2, 0.25) is 0 Å². The van der Waals surface area contributed by atoms with Crippen molar-refractivity contribution in [1.29, 1.82) is 5.26 Å². The SMILES string of the molecule is N#Cc1ccc(CCCCCC(=O)O)cc1. The monoisotopic (exact) mass is 217 g/mol. The average Bonchev–Trinajstić information content (AvgIpc) is 2.29. The summed E-state index contributed by atoms with van der Waals surface area (Å²) in [5.74, 6) is -0.724. The number of hydrogen-bond acceptors (Lipinski definition) is 2. The van der Waals surface area contributed by atoms with Gasteiger partial charge in [0, 0.05) is 6.42 Å². The van der Waals surface area contributed by atoms with E-state index in [0.717, 1.165) is 25.7 Å². The fourth-order valence-corrected chi connectivity index (χ4v) is 1.53. The van der Waals surface area contributed by atoms with Gasteiger partial charge in [-0.2, -0.15) is 5.26 Å². The molecule has 0 fully saturated rings. The summed E-state index contributed by atoms with van der Waals surface area (Å²) in [6, 6.07) is 9.61. The smallest absolute Gasteiger partial charge is 0.303 e. The zero-order chi connectivity index (χ0) is 11.8. The van der Waals surface area contributed by atoms with Gasteiger partial charge in [0.2, 0.25) is 0 Å². The number of carbonyl (C=O) groups is 1. The van der Waals surface area contributed by atoms with Crippen LogP contribution in [0.25, 0.3) is 0 Å². The molecule has 16 heavy (non-hydrogen) atoms. The lowest BCUT2D eigenvalue weighted by atomic mass is 10.0. The average molecular weight is 217 g/mol. The maximum atomic E-state index is 10.3. The van der Waals surface area contributed by atoms with Crippen LogP contribution in [-0.2, 0) is 11.2 Å². The first-order valence-electron chi connectivity index (χ1n) is 5.43. The summed E-state index contributed by atoms with van der Waals surface area (Å²) in [7, 11) is 0. The van der Waals surface area contributed by atoms with E-state index in [0.29, 0.717) is 5.56 Å². The number of carboxylic acid groups (broad SMARTS) is 1. The van der Waals surface area contributed by atoms with Gasteiger partial charge in [-0.25, -0.2) is 0 Å². The van der Waals surface area contributed by atoms with E-state index in [1.54, 1.807) is 0 Å². The van der Waals surface area contributed by atoms with E-state index in [1.165, 1.54) is 5.56 Å². The van der Waals surface area contributed by atoms with E-state index in [4.69, 9.17) is 10.4 Å². The van der Waals surface area contributed by atoms with Crippen molar-refractivity contribution >= 4 is 5.97 Å². The predicted octanol–water partition coefficient (Wildman–Crippen LogP) is 2.75. The minimum absolute atomic E-state index is 0.257. The molecule has 84 valence electrons. The maximum Gasteiger partial charge on any atom is 0.303 e. The summed E-state index contributed by atoms with van der Waals surface area (Å²) < 4.78 is 0. The molecule has 0 aliphatic rings. The van der Waals surface area contributed by atoms with Crippen LogP contribution in [0.15, 0.2) is 24.3 Å². The third-order valence-electron chi connectivity index (χ3n) is 2.44. The van der Waals surface area contributed by atoms with Crippen molar-refractivity contribution in [2.75, 3.05) is 0 Å². The second kappa shape index (κ2) is 6.62. The van der Waals surface area contributed by atoms with Gasteiger partial charge in [0.25, 0.3) is 0 Å². The van der Waals surface area contributed by atoms with Crippen LogP contribution in [0.4, 0.5) is 0 Å². The molecule has 1 N–H and O–H groups in total. The molecule has 3 nitrogen and oxygen atoms in total. The van der Waals surface area contributed by atoms with Gasteiger partial charge in [-0.3, -0.25) is 4.79 Å². The van der Waals surface area contributed by atoms with Crippen LogP contribution in [-0.4, -0.2) is 11.1 Å². The zero-order valence-corrected chi connectivity index (χ0v) is 9.15. The molecule has 0 unspecified atom stereocenters. The van der Waals surface area contributed by atoms with Crippen molar-refractivity contribution in [3.63, 3.8) is 0 Å². The van der Waals surface area contributed by atoms with Crippen LogP contribution >= 0.6 is 0 Å². The Balaban J connectivity index is 2.22. The molecule has 0 saturated heterocycles. The summed E-state index contributed by atoms with van der Waals surface area (Å²) in [5.41, 5.74) is 1.88. The van der Waals surface area contributed by atoms with Gasteiger partial charge in [-0.1, -0.05) is 18.6 Å². The number of aliphatic carboxylic acids is 1. The second-order valence-electron chi connectivity index (χ2n) is 3.76. The molecular weight excluding hydrogens is 202 g/mol. The molecule has 1 aromatic rings. The molecule has 1 rings (SSSR count). The Hall–Kier alpha value is -1.82. The maximum absolute atomic E-state index is 10.3. The Morgan fingerprint density at radius 1 is 1.19 bits per heavy atom. The van der Waals surface area contributed by atoms with E-state index in [9.17, 15) is 4.79 Å². The Labute approximate surface area is 95.3 Å². The highest BCUT2D eigenvalue weighted by Gasteiger charge is 1.97. The van der Waals surface area contributed by atoms with E-state index < -0.39 is 5.97 Å². The molecule has 3 heteroatoms. The second-order valence-corrected chi connectivity index (χ2v) is 3.76. The molecule has 0 atom stereocenters. The summed E-state index contributed by atoms with van der Waals surface area (Å²) in [6.07, 6.45) is 3.88. The van der Waals surface area contributed by atoms with Crippen molar-refractivity contribution in [3.8, 4) is 6.07 Å². The van der Waals surface area contributed by atoms with E-state index in [2.05, 4.69) is 6.07 Å². The van der Waals surface area contributed by atoms with Gasteiger partial charge in [-0.15, -0.1) is 0 Å². The number of carboxylic acids is 1. The van der Waals surface area contributed by atoms with E-state index in [-0.39, 0.29) is 6.42 Å². The van der Waals surface area contributed by atoms with Crippen molar-refractivity contribution in [1.82, 2.24) is 0 Å². The first-order valence-corrected chi connectivity index (χ1v) is 5.43. The first kappa shape index (κ1) is 12.3. The van der Waals surface area contributed by atoms with E-state index in [1.807, 2.05) is 24.3 Å². The van der Waals surface area contributed by atoms with Gasteiger partial charge >= 0.3 is 5.97 Å². The van der Waals surface area contributed by atoms with Crippen molar-refractivity contribution in [3.05, 3.63) is 35.4 Å². The largest absolute Gasteiger partial charge is 0.481 e. The predicted molar refractivity (Wildman–Crippen MR) is 61.0 cm³/mol. The van der Waals surface area contributed by atoms with Gasteiger partial charge < -0.3 is 5.11 Å². The first-order chi connectivity index (χ1) is 7.72. The van der Waals surface area contributed by atoms with Crippen molar-refractivity contribution in [2.45, 2.75) is 32.1 Å². The molecule has 1 aromatic carbocycles. The molecule has 0 spiro atoms. The fourth-order valence-electron chi connectivity index (χ4n) is 1.53. The molecule has 0 heterocycles. The van der Waals surface area contributed by atoms with E-state index >= 15 is 0 Å². The normalized spacial score (nSPS) is 9.69. The van der Waals surface area contributed by atoms with Crippen LogP contribution in [0.3, 0.4) is 0 Å². The molecular formula is C13H15NO2. The molecule has 0 aliphatic heterocycles.